The van der Waals surface area contributed by atoms with E-state index in [4.69, 9.17) is 0 Å². The molecule has 0 aliphatic carbocycles. The van der Waals surface area contributed by atoms with Crippen LogP contribution in [-0.2, 0) is 13.0 Å². The van der Waals surface area contributed by atoms with Crippen molar-refractivity contribution in [1.29, 1.82) is 0 Å². The van der Waals surface area contributed by atoms with Crippen molar-refractivity contribution in [2.24, 2.45) is 0 Å². The van der Waals surface area contributed by atoms with Gasteiger partial charge in [0.2, 0.25) is 0 Å². The monoisotopic (exact) mass is 355 g/mol. The van der Waals surface area contributed by atoms with Crippen molar-refractivity contribution in [2.45, 2.75) is 25.9 Å². The van der Waals surface area contributed by atoms with Gasteiger partial charge in [0.25, 0.3) is 0 Å². The number of nitrogens with one attached hydrogen (secondary N) is 1. The van der Waals surface area contributed by atoms with Gasteiger partial charge in [-0.25, -0.2) is 4.98 Å². The molecular weight excluding hydrogens is 337 g/mol. The summed E-state index contributed by atoms with van der Waals surface area (Å²) in [4.78, 5) is 4.45. The first kappa shape index (κ1) is 13.5. The third-order valence-electron chi connectivity index (χ3n) is 3.16. The van der Waals surface area contributed by atoms with Crippen molar-refractivity contribution in [3.8, 4) is 0 Å². The molecule has 0 spiro atoms. The van der Waals surface area contributed by atoms with Gasteiger partial charge in [-0.05, 0) is 48.2 Å². The van der Waals surface area contributed by atoms with Gasteiger partial charge < -0.3 is 9.88 Å². The molecule has 0 amide bonds. The van der Waals surface area contributed by atoms with E-state index >= 15 is 0 Å². The van der Waals surface area contributed by atoms with Gasteiger partial charge in [0.1, 0.15) is 5.82 Å². The Morgan fingerprint density at radius 3 is 2.83 bits per heavy atom. The van der Waals surface area contributed by atoms with Gasteiger partial charge in [-0.15, -0.1) is 0 Å². The van der Waals surface area contributed by atoms with E-state index in [9.17, 15) is 0 Å². The summed E-state index contributed by atoms with van der Waals surface area (Å²) in [7, 11) is 2.01. The number of hydrogen-bond acceptors (Lipinski definition) is 2. The first-order chi connectivity index (χ1) is 8.76. The zero-order chi connectivity index (χ0) is 13.0. The fraction of sp³-hybridized carbons (Fsp3) is 0.357. The van der Waals surface area contributed by atoms with Gasteiger partial charge in [0.05, 0.1) is 0 Å². The predicted molar refractivity (Wildman–Crippen MR) is 82.6 cm³/mol. The molecule has 18 heavy (non-hydrogen) atoms. The highest BCUT2D eigenvalue weighted by Gasteiger charge is 2.15. The summed E-state index contributed by atoms with van der Waals surface area (Å²) in [6, 6.07) is 8.80. The Labute approximate surface area is 122 Å². The van der Waals surface area contributed by atoms with Crippen molar-refractivity contribution in [2.75, 3.05) is 7.05 Å². The van der Waals surface area contributed by atoms with Gasteiger partial charge in [-0.2, -0.15) is 0 Å². The van der Waals surface area contributed by atoms with Crippen LogP contribution in [0.4, 0.5) is 0 Å². The van der Waals surface area contributed by atoms with Gasteiger partial charge >= 0.3 is 0 Å². The van der Waals surface area contributed by atoms with E-state index in [2.05, 4.69) is 68.6 Å². The lowest BCUT2D eigenvalue weighted by atomic mass is 10.0. The zero-order valence-corrected chi connectivity index (χ0v) is 12.9. The molecule has 0 saturated heterocycles. The quantitative estimate of drug-likeness (QED) is 0.836. The molecule has 1 aromatic carbocycles. The molecule has 0 saturated carbocycles. The first-order valence-electron chi connectivity index (χ1n) is 6.18. The van der Waals surface area contributed by atoms with Crippen LogP contribution in [0.3, 0.4) is 0 Å². The van der Waals surface area contributed by atoms with Crippen LogP contribution in [0, 0.1) is 3.57 Å². The van der Waals surface area contributed by atoms with Crippen LogP contribution >= 0.6 is 22.6 Å². The molecule has 2 aromatic rings. The zero-order valence-electron chi connectivity index (χ0n) is 10.7. The molecule has 0 aliphatic heterocycles. The van der Waals surface area contributed by atoms with Crippen LogP contribution in [0.15, 0.2) is 36.7 Å². The van der Waals surface area contributed by atoms with Crippen molar-refractivity contribution in [3.05, 3.63) is 51.6 Å². The van der Waals surface area contributed by atoms with E-state index < -0.39 is 0 Å². The molecule has 2 rings (SSSR count). The lowest BCUT2D eigenvalue weighted by Gasteiger charge is -2.18. The number of aromatic nitrogens is 2. The summed E-state index contributed by atoms with van der Waals surface area (Å²) in [6.45, 7) is 3.11. The minimum absolute atomic E-state index is 0.311. The molecule has 4 heteroatoms. The van der Waals surface area contributed by atoms with Crippen molar-refractivity contribution in [3.63, 3.8) is 0 Å². The average molecular weight is 355 g/mol. The average Bonchev–Trinajstić information content (AvgIpc) is 2.84. The van der Waals surface area contributed by atoms with Crippen LogP contribution < -0.4 is 5.32 Å². The topological polar surface area (TPSA) is 29.9 Å². The maximum absolute atomic E-state index is 4.45. The lowest BCUT2D eigenvalue weighted by molar-refractivity contribution is 0.551. The van der Waals surface area contributed by atoms with Crippen LogP contribution in [0.5, 0.6) is 0 Å². The van der Waals surface area contributed by atoms with E-state index in [1.165, 1.54) is 9.13 Å². The maximum atomic E-state index is 4.45. The van der Waals surface area contributed by atoms with E-state index in [1.807, 2.05) is 19.4 Å². The number of imidazole rings is 1. The first-order valence-corrected chi connectivity index (χ1v) is 7.25. The minimum Gasteiger partial charge on any atom is -0.335 e. The van der Waals surface area contributed by atoms with Crippen LogP contribution in [0.1, 0.15) is 24.4 Å². The summed E-state index contributed by atoms with van der Waals surface area (Å²) in [5.41, 5.74) is 1.34. The Balaban J connectivity index is 2.23. The smallest absolute Gasteiger partial charge is 0.110 e. The summed E-state index contributed by atoms with van der Waals surface area (Å²) in [6.07, 6.45) is 4.83. The number of halogens is 1. The molecule has 1 heterocycles. The highest BCUT2D eigenvalue weighted by atomic mass is 127. The Bertz CT molecular complexity index is 507. The molecule has 3 nitrogen and oxygen atoms in total. The second-order valence-electron chi connectivity index (χ2n) is 4.20. The molecule has 96 valence electrons. The predicted octanol–water partition coefficient (Wildman–Crippen LogP) is 3.01. The molecule has 1 aromatic heterocycles. The van der Waals surface area contributed by atoms with Gasteiger partial charge in [0.15, 0.2) is 0 Å². The highest BCUT2D eigenvalue weighted by molar-refractivity contribution is 14.1. The number of nitrogens with zero attached hydrogens (tertiary/aromatic N) is 2. The standard InChI is InChI=1S/C14H18IN3/c1-3-18-9-8-17-14(18)10-13(16-2)11-6-4-5-7-12(11)15/h4-9,13,16H,3,10H2,1-2H3. The molecule has 1 N–H and O–H groups in total. The molecule has 0 bridgehead atoms. The molecule has 1 atom stereocenters. The number of hydrogen-bond donors (Lipinski definition) is 1. The second-order valence-corrected chi connectivity index (χ2v) is 5.36. The normalized spacial score (nSPS) is 12.6. The van der Waals surface area contributed by atoms with Crippen molar-refractivity contribution >= 4 is 22.6 Å². The Kier molecular flexibility index (Phi) is 4.77. The second kappa shape index (κ2) is 6.33. The number of rotatable bonds is 5. The maximum Gasteiger partial charge on any atom is 0.110 e. The Morgan fingerprint density at radius 2 is 2.17 bits per heavy atom. The van der Waals surface area contributed by atoms with Gasteiger partial charge in [0, 0.05) is 35.0 Å². The Morgan fingerprint density at radius 1 is 1.39 bits per heavy atom. The van der Waals surface area contributed by atoms with Crippen molar-refractivity contribution in [1.82, 2.24) is 14.9 Å². The minimum atomic E-state index is 0.311. The summed E-state index contributed by atoms with van der Waals surface area (Å²) >= 11 is 2.39. The fourth-order valence-corrected chi connectivity index (χ4v) is 2.89. The highest BCUT2D eigenvalue weighted by Crippen LogP contribution is 2.22. The summed E-state index contributed by atoms with van der Waals surface area (Å²) < 4.78 is 3.49. The third-order valence-corrected chi connectivity index (χ3v) is 4.14. The third kappa shape index (κ3) is 2.92. The van der Waals surface area contributed by atoms with Crippen LogP contribution in [-0.4, -0.2) is 16.6 Å². The van der Waals surface area contributed by atoms with E-state index in [0.717, 1.165) is 18.8 Å². The van der Waals surface area contributed by atoms with Crippen molar-refractivity contribution < 1.29 is 0 Å². The molecular formula is C14H18IN3. The van der Waals surface area contributed by atoms with E-state index in [0.29, 0.717) is 6.04 Å². The van der Waals surface area contributed by atoms with Crippen LogP contribution in [0.2, 0.25) is 0 Å². The van der Waals surface area contributed by atoms with Gasteiger partial charge in [-0.1, -0.05) is 18.2 Å². The largest absolute Gasteiger partial charge is 0.335 e. The number of likely N-dealkylation sites (N-methyl/N-ethyl adjacent to an activating group) is 1. The molecule has 0 aliphatic rings. The SMILES string of the molecule is CCn1ccnc1CC(NC)c1ccccc1I. The number of benzene rings is 1. The van der Waals surface area contributed by atoms with E-state index in [-0.39, 0.29) is 0 Å². The summed E-state index contributed by atoms with van der Waals surface area (Å²) in [5.74, 6) is 1.14. The molecule has 1 unspecified atom stereocenters. The lowest BCUT2D eigenvalue weighted by Crippen LogP contribution is -2.21. The number of aryl methyl sites for hydroxylation is 1. The Hall–Kier alpha value is -0.880. The summed E-state index contributed by atoms with van der Waals surface area (Å²) in [5, 5.41) is 3.39. The van der Waals surface area contributed by atoms with E-state index in [1.54, 1.807) is 0 Å². The molecule has 0 fully saturated rings. The fourth-order valence-electron chi connectivity index (χ4n) is 2.13. The molecule has 0 radical (unpaired) electrons. The van der Waals surface area contributed by atoms with Gasteiger partial charge in [-0.3, -0.25) is 0 Å². The van der Waals surface area contributed by atoms with Crippen LogP contribution in [0.25, 0.3) is 0 Å².